The van der Waals surface area contributed by atoms with Crippen molar-refractivity contribution in [3.05, 3.63) is 39.8 Å². The summed E-state index contributed by atoms with van der Waals surface area (Å²) in [6, 6.07) is 4.03. The third-order valence-electron chi connectivity index (χ3n) is 2.58. The largest absolute Gasteiger partial charge is 0.345 e. The average molecular weight is 249 g/mol. The van der Waals surface area contributed by atoms with Gasteiger partial charge >= 0.3 is 0 Å². The Morgan fingerprint density at radius 2 is 2.35 bits per heavy atom. The summed E-state index contributed by atoms with van der Waals surface area (Å²) in [5.41, 5.74) is 1.39. The summed E-state index contributed by atoms with van der Waals surface area (Å²) in [5, 5.41) is 9.14. The Bertz CT molecular complexity index is 516. The summed E-state index contributed by atoms with van der Waals surface area (Å²) in [4.78, 5) is 13.2. The first-order valence-corrected chi connectivity index (χ1v) is 6.30. The van der Waals surface area contributed by atoms with Crippen LogP contribution in [0.2, 0.25) is 0 Å². The van der Waals surface area contributed by atoms with E-state index in [0.717, 1.165) is 10.6 Å². The van der Waals surface area contributed by atoms with Gasteiger partial charge in [-0.05, 0) is 25.3 Å². The Morgan fingerprint density at radius 1 is 1.59 bits per heavy atom. The van der Waals surface area contributed by atoms with Crippen molar-refractivity contribution in [1.29, 1.82) is 0 Å². The van der Waals surface area contributed by atoms with E-state index in [4.69, 9.17) is 0 Å². The van der Waals surface area contributed by atoms with Gasteiger partial charge in [-0.2, -0.15) is 5.10 Å². The van der Waals surface area contributed by atoms with E-state index in [1.165, 1.54) is 0 Å². The number of aryl methyl sites for hydroxylation is 2. The number of carbonyl (C=O) groups excluding carboxylic acids is 1. The third-order valence-corrected chi connectivity index (χ3v) is 3.63. The molecule has 1 N–H and O–H groups in total. The molecule has 17 heavy (non-hydrogen) atoms. The predicted octanol–water partition coefficient (Wildman–Crippen LogP) is 2.28. The van der Waals surface area contributed by atoms with Gasteiger partial charge in [-0.25, -0.2) is 0 Å². The molecule has 4 nitrogen and oxygen atoms in total. The zero-order valence-corrected chi connectivity index (χ0v) is 10.9. The van der Waals surface area contributed by atoms with Crippen LogP contribution in [0.4, 0.5) is 0 Å². The molecule has 0 saturated heterocycles. The normalized spacial score (nSPS) is 12.4. The Balaban J connectivity index is 2.09. The molecule has 0 bridgehead atoms. The van der Waals surface area contributed by atoms with Crippen molar-refractivity contribution >= 4 is 17.2 Å². The number of amides is 1. The summed E-state index contributed by atoms with van der Waals surface area (Å²) in [7, 11) is 1.81. The summed E-state index contributed by atoms with van der Waals surface area (Å²) in [6.45, 7) is 3.82. The zero-order valence-electron chi connectivity index (χ0n) is 10.1. The average Bonchev–Trinajstić information content (AvgIpc) is 2.87. The van der Waals surface area contributed by atoms with E-state index in [0.29, 0.717) is 5.56 Å². The Kier molecular flexibility index (Phi) is 3.28. The first-order chi connectivity index (χ1) is 8.08. The molecule has 5 heteroatoms. The highest BCUT2D eigenvalue weighted by Gasteiger charge is 2.15. The standard InChI is InChI=1S/C12H15N3OS/c1-8-10(7-15(3)14-8)12(16)13-9(2)11-5-4-6-17-11/h4-7,9H,1-3H3,(H,13,16)/t9-/m1/s1. The Morgan fingerprint density at radius 3 is 2.88 bits per heavy atom. The van der Waals surface area contributed by atoms with E-state index in [1.807, 2.05) is 38.4 Å². The third kappa shape index (κ3) is 2.55. The van der Waals surface area contributed by atoms with Crippen LogP contribution in [0, 0.1) is 6.92 Å². The van der Waals surface area contributed by atoms with E-state index in [-0.39, 0.29) is 11.9 Å². The number of rotatable bonds is 3. The molecule has 0 radical (unpaired) electrons. The fourth-order valence-corrected chi connectivity index (χ4v) is 2.44. The molecule has 2 rings (SSSR count). The van der Waals surface area contributed by atoms with Crippen LogP contribution in [0.15, 0.2) is 23.7 Å². The van der Waals surface area contributed by atoms with Gasteiger partial charge in [-0.3, -0.25) is 9.48 Å². The molecule has 0 aliphatic heterocycles. The van der Waals surface area contributed by atoms with Crippen LogP contribution in [0.5, 0.6) is 0 Å². The van der Waals surface area contributed by atoms with Crippen molar-refractivity contribution < 1.29 is 4.79 Å². The maximum Gasteiger partial charge on any atom is 0.255 e. The predicted molar refractivity (Wildman–Crippen MR) is 68.1 cm³/mol. The van der Waals surface area contributed by atoms with Crippen molar-refractivity contribution in [2.24, 2.45) is 7.05 Å². The van der Waals surface area contributed by atoms with Gasteiger partial charge in [0, 0.05) is 18.1 Å². The number of nitrogens with zero attached hydrogens (tertiary/aromatic N) is 2. The van der Waals surface area contributed by atoms with E-state index in [1.54, 1.807) is 22.2 Å². The van der Waals surface area contributed by atoms with Gasteiger partial charge in [0.2, 0.25) is 0 Å². The molecule has 2 aromatic heterocycles. The first kappa shape index (κ1) is 11.9. The minimum atomic E-state index is -0.0727. The molecular weight excluding hydrogens is 234 g/mol. The van der Waals surface area contributed by atoms with Gasteiger partial charge < -0.3 is 5.32 Å². The van der Waals surface area contributed by atoms with E-state index < -0.39 is 0 Å². The topological polar surface area (TPSA) is 46.9 Å². The molecule has 1 atom stereocenters. The molecule has 0 aliphatic rings. The maximum absolute atomic E-state index is 12.0. The van der Waals surface area contributed by atoms with Crippen LogP contribution in [-0.2, 0) is 7.05 Å². The SMILES string of the molecule is Cc1nn(C)cc1C(=O)N[C@H](C)c1cccs1. The summed E-state index contributed by atoms with van der Waals surface area (Å²) in [6.07, 6.45) is 1.74. The van der Waals surface area contributed by atoms with Gasteiger partial charge in [0.05, 0.1) is 17.3 Å². The van der Waals surface area contributed by atoms with Crippen molar-refractivity contribution in [1.82, 2.24) is 15.1 Å². The summed E-state index contributed by atoms with van der Waals surface area (Å²) < 4.78 is 1.65. The molecule has 0 saturated carbocycles. The van der Waals surface area contributed by atoms with Gasteiger partial charge in [0.25, 0.3) is 5.91 Å². The van der Waals surface area contributed by atoms with Gasteiger partial charge in [0.1, 0.15) is 0 Å². The van der Waals surface area contributed by atoms with Crippen LogP contribution in [0.25, 0.3) is 0 Å². The molecule has 90 valence electrons. The molecule has 2 aromatic rings. The molecule has 0 unspecified atom stereocenters. The lowest BCUT2D eigenvalue weighted by molar-refractivity contribution is 0.0940. The minimum Gasteiger partial charge on any atom is -0.345 e. The second kappa shape index (κ2) is 4.71. The van der Waals surface area contributed by atoms with Crippen LogP contribution in [0.1, 0.15) is 33.9 Å². The number of thiophene rings is 1. The molecule has 0 spiro atoms. The molecule has 1 amide bonds. The highest BCUT2D eigenvalue weighted by Crippen LogP contribution is 2.18. The molecule has 0 aliphatic carbocycles. The van der Waals surface area contributed by atoms with Crippen molar-refractivity contribution in [2.45, 2.75) is 19.9 Å². The lowest BCUT2D eigenvalue weighted by Crippen LogP contribution is -2.26. The lowest BCUT2D eigenvalue weighted by atomic mass is 10.2. The quantitative estimate of drug-likeness (QED) is 0.907. The molecule has 0 aromatic carbocycles. The smallest absolute Gasteiger partial charge is 0.255 e. The van der Waals surface area contributed by atoms with E-state index in [2.05, 4.69) is 10.4 Å². The number of aromatic nitrogens is 2. The van der Waals surface area contributed by atoms with Crippen LogP contribution in [0.3, 0.4) is 0 Å². The first-order valence-electron chi connectivity index (χ1n) is 5.42. The lowest BCUT2D eigenvalue weighted by Gasteiger charge is -2.11. The number of nitrogens with one attached hydrogen (secondary N) is 1. The van der Waals surface area contributed by atoms with Crippen LogP contribution < -0.4 is 5.32 Å². The van der Waals surface area contributed by atoms with Gasteiger partial charge in [-0.1, -0.05) is 6.07 Å². The zero-order chi connectivity index (χ0) is 12.4. The van der Waals surface area contributed by atoms with Crippen LogP contribution in [-0.4, -0.2) is 15.7 Å². The summed E-state index contributed by atoms with van der Waals surface area (Å²) >= 11 is 1.64. The fraction of sp³-hybridized carbons (Fsp3) is 0.333. The van der Waals surface area contributed by atoms with Crippen molar-refractivity contribution in [3.63, 3.8) is 0 Å². The molecule has 0 fully saturated rings. The van der Waals surface area contributed by atoms with Crippen molar-refractivity contribution in [3.8, 4) is 0 Å². The second-order valence-corrected chi connectivity index (χ2v) is 4.99. The highest BCUT2D eigenvalue weighted by atomic mass is 32.1. The minimum absolute atomic E-state index is 0.0297. The van der Waals surface area contributed by atoms with E-state index >= 15 is 0 Å². The summed E-state index contributed by atoms with van der Waals surface area (Å²) in [5.74, 6) is -0.0727. The Hall–Kier alpha value is -1.62. The maximum atomic E-state index is 12.0. The highest BCUT2D eigenvalue weighted by molar-refractivity contribution is 7.10. The van der Waals surface area contributed by atoms with Crippen molar-refractivity contribution in [2.75, 3.05) is 0 Å². The second-order valence-electron chi connectivity index (χ2n) is 4.01. The Labute approximate surface area is 104 Å². The number of hydrogen-bond donors (Lipinski definition) is 1. The number of carbonyl (C=O) groups is 1. The molecule has 2 heterocycles. The fourth-order valence-electron chi connectivity index (χ4n) is 1.71. The molecular formula is C12H15N3OS. The van der Waals surface area contributed by atoms with Gasteiger partial charge in [-0.15, -0.1) is 11.3 Å². The van der Waals surface area contributed by atoms with Gasteiger partial charge in [0.15, 0.2) is 0 Å². The van der Waals surface area contributed by atoms with E-state index in [9.17, 15) is 4.79 Å². The number of hydrogen-bond acceptors (Lipinski definition) is 3. The van der Waals surface area contributed by atoms with Crippen LogP contribution >= 0.6 is 11.3 Å². The monoisotopic (exact) mass is 249 g/mol.